The Labute approximate surface area is 142 Å². The highest BCUT2D eigenvalue weighted by atomic mass is 32.1. The summed E-state index contributed by atoms with van der Waals surface area (Å²) in [5.74, 6) is 0.343. The number of hydrogen-bond acceptors (Lipinski definition) is 4. The average Bonchev–Trinajstić information content (AvgIpc) is 3.21. The van der Waals surface area contributed by atoms with Crippen molar-refractivity contribution in [2.24, 2.45) is 0 Å². The van der Waals surface area contributed by atoms with Crippen molar-refractivity contribution in [1.29, 1.82) is 0 Å². The van der Waals surface area contributed by atoms with E-state index in [1.807, 2.05) is 23.6 Å². The number of hydrogen-bond donors (Lipinski definition) is 4. The molecule has 24 heavy (non-hydrogen) atoms. The summed E-state index contributed by atoms with van der Waals surface area (Å²) in [6.07, 6.45) is 0. The first kappa shape index (κ1) is 16.0. The van der Waals surface area contributed by atoms with Gasteiger partial charge in [-0.15, -0.1) is 0 Å². The highest BCUT2D eigenvalue weighted by Gasteiger charge is 2.10. The minimum absolute atomic E-state index is 0.128. The standard InChI is InChI=1S/C16H17N5O2S/c1-10(22)17-5-6-18-16(23)19-15-13-3-2-11(8-14(13)20-21-15)12-4-7-24-9-12/h2-4,7-9H,5-6H2,1H3,(H,17,22)(H3,18,19,20,21,23). The number of fused-ring (bicyclic) bond motifs is 1. The van der Waals surface area contributed by atoms with Crippen LogP contribution in [0, 0.1) is 0 Å². The van der Waals surface area contributed by atoms with E-state index in [4.69, 9.17) is 0 Å². The third kappa shape index (κ3) is 3.72. The Hall–Kier alpha value is -2.87. The second kappa shape index (κ2) is 7.14. The third-order valence-corrected chi connectivity index (χ3v) is 4.12. The summed E-state index contributed by atoms with van der Waals surface area (Å²) in [5.41, 5.74) is 3.10. The van der Waals surface area contributed by atoms with Crippen molar-refractivity contribution in [3.8, 4) is 11.1 Å². The Kier molecular flexibility index (Phi) is 4.76. The molecule has 0 aliphatic carbocycles. The summed E-state index contributed by atoms with van der Waals surface area (Å²) in [6.45, 7) is 2.16. The lowest BCUT2D eigenvalue weighted by molar-refractivity contribution is -0.118. The Morgan fingerprint density at radius 2 is 2.00 bits per heavy atom. The normalized spacial score (nSPS) is 10.5. The van der Waals surface area contributed by atoms with E-state index in [1.54, 1.807) is 11.3 Å². The predicted molar refractivity (Wildman–Crippen MR) is 95.1 cm³/mol. The predicted octanol–water partition coefficient (Wildman–Crippen LogP) is 2.55. The van der Waals surface area contributed by atoms with Gasteiger partial charge in [0.15, 0.2) is 5.82 Å². The van der Waals surface area contributed by atoms with Gasteiger partial charge in [-0.1, -0.05) is 6.07 Å². The molecule has 0 saturated carbocycles. The van der Waals surface area contributed by atoms with Crippen molar-refractivity contribution in [3.05, 3.63) is 35.0 Å². The number of thiophene rings is 1. The zero-order chi connectivity index (χ0) is 16.9. The van der Waals surface area contributed by atoms with Crippen LogP contribution in [-0.2, 0) is 4.79 Å². The monoisotopic (exact) mass is 343 g/mol. The Bertz CT molecular complexity index is 857. The summed E-state index contributed by atoms with van der Waals surface area (Å²) < 4.78 is 0. The van der Waals surface area contributed by atoms with E-state index >= 15 is 0 Å². The molecule has 3 aromatic rings. The van der Waals surface area contributed by atoms with Crippen molar-refractivity contribution in [1.82, 2.24) is 20.8 Å². The van der Waals surface area contributed by atoms with Crippen LogP contribution in [-0.4, -0.2) is 35.2 Å². The summed E-state index contributed by atoms with van der Waals surface area (Å²) in [6, 6.07) is 7.63. The highest BCUT2D eigenvalue weighted by molar-refractivity contribution is 7.08. The Balaban J connectivity index is 1.65. The minimum atomic E-state index is -0.365. The molecule has 0 unspecified atom stereocenters. The zero-order valence-corrected chi connectivity index (χ0v) is 13.9. The molecule has 3 rings (SSSR count). The summed E-state index contributed by atoms with van der Waals surface area (Å²) in [7, 11) is 0. The SMILES string of the molecule is CC(=O)NCCNC(=O)Nc1n[nH]c2cc(-c3ccsc3)ccc12. The van der Waals surface area contributed by atoms with Gasteiger partial charge < -0.3 is 10.6 Å². The number of nitrogens with one attached hydrogen (secondary N) is 4. The Morgan fingerprint density at radius 3 is 2.75 bits per heavy atom. The number of nitrogens with zero attached hydrogens (tertiary/aromatic N) is 1. The first-order chi connectivity index (χ1) is 11.6. The topological polar surface area (TPSA) is 98.9 Å². The molecule has 3 amide bonds. The van der Waals surface area contributed by atoms with Crippen LogP contribution in [0.2, 0.25) is 0 Å². The number of H-pyrrole nitrogens is 1. The van der Waals surface area contributed by atoms with Crippen molar-refractivity contribution in [2.45, 2.75) is 6.92 Å². The van der Waals surface area contributed by atoms with E-state index in [0.717, 1.165) is 22.0 Å². The van der Waals surface area contributed by atoms with Crippen molar-refractivity contribution < 1.29 is 9.59 Å². The fourth-order valence-corrected chi connectivity index (χ4v) is 2.95. The molecule has 0 aliphatic heterocycles. The molecule has 0 atom stereocenters. The molecular formula is C16H17N5O2S. The summed E-state index contributed by atoms with van der Waals surface area (Å²) in [5, 5.41) is 20.0. The average molecular weight is 343 g/mol. The second-order valence-electron chi connectivity index (χ2n) is 5.21. The molecule has 7 nitrogen and oxygen atoms in total. The lowest BCUT2D eigenvalue weighted by atomic mass is 10.1. The molecule has 0 aliphatic rings. The molecule has 2 heterocycles. The lowest BCUT2D eigenvalue weighted by Gasteiger charge is -2.06. The van der Waals surface area contributed by atoms with Gasteiger partial charge in [-0.2, -0.15) is 16.4 Å². The van der Waals surface area contributed by atoms with Gasteiger partial charge in [-0.05, 0) is 40.1 Å². The molecule has 0 spiro atoms. The van der Waals surface area contributed by atoms with Crippen LogP contribution in [0.25, 0.3) is 22.0 Å². The smallest absolute Gasteiger partial charge is 0.320 e. The maximum atomic E-state index is 11.9. The third-order valence-electron chi connectivity index (χ3n) is 3.43. The zero-order valence-electron chi connectivity index (χ0n) is 13.1. The molecule has 0 radical (unpaired) electrons. The summed E-state index contributed by atoms with van der Waals surface area (Å²) in [4.78, 5) is 22.6. The van der Waals surface area contributed by atoms with E-state index in [1.165, 1.54) is 6.92 Å². The van der Waals surface area contributed by atoms with Crippen LogP contribution in [0.15, 0.2) is 35.0 Å². The quantitative estimate of drug-likeness (QED) is 0.536. The van der Waals surface area contributed by atoms with Crippen LogP contribution in [0.5, 0.6) is 0 Å². The first-order valence-electron chi connectivity index (χ1n) is 7.43. The van der Waals surface area contributed by atoms with E-state index in [0.29, 0.717) is 18.9 Å². The van der Waals surface area contributed by atoms with Gasteiger partial charge in [-0.25, -0.2) is 4.79 Å². The number of carbonyl (C=O) groups is 2. The number of aromatic nitrogens is 2. The van der Waals surface area contributed by atoms with E-state index in [2.05, 4.69) is 37.6 Å². The molecule has 2 aromatic heterocycles. The number of carbonyl (C=O) groups excluding carboxylic acids is 2. The molecule has 8 heteroatoms. The lowest BCUT2D eigenvalue weighted by Crippen LogP contribution is -2.36. The number of amides is 3. The maximum Gasteiger partial charge on any atom is 0.320 e. The van der Waals surface area contributed by atoms with Crippen LogP contribution >= 0.6 is 11.3 Å². The van der Waals surface area contributed by atoms with Crippen LogP contribution in [0.1, 0.15) is 6.92 Å². The van der Waals surface area contributed by atoms with Gasteiger partial charge >= 0.3 is 6.03 Å². The molecule has 0 saturated heterocycles. The van der Waals surface area contributed by atoms with E-state index < -0.39 is 0 Å². The van der Waals surface area contributed by atoms with Crippen molar-refractivity contribution >= 4 is 40.0 Å². The summed E-state index contributed by atoms with van der Waals surface area (Å²) >= 11 is 1.65. The number of rotatable bonds is 5. The first-order valence-corrected chi connectivity index (χ1v) is 8.38. The van der Waals surface area contributed by atoms with Gasteiger partial charge in [0, 0.05) is 25.4 Å². The maximum absolute atomic E-state index is 11.9. The molecule has 0 bridgehead atoms. The van der Waals surface area contributed by atoms with E-state index in [-0.39, 0.29) is 11.9 Å². The van der Waals surface area contributed by atoms with Gasteiger partial charge in [0.2, 0.25) is 5.91 Å². The molecule has 4 N–H and O–H groups in total. The molecule has 124 valence electrons. The van der Waals surface area contributed by atoms with Gasteiger partial charge in [0.1, 0.15) is 0 Å². The van der Waals surface area contributed by atoms with Crippen molar-refractivity contribution in [3.63, 3.8) is 0 Å². The molecule has 0 fully saturated rings. The van der Waals surface area contributed by atoms with Crippen LogP contribution in [0.4, 0.5) is 10.6 Å². The fourth-order valence-electron chi connectivity index (χ4n) is 2.29. The second-order valence-corrected chi connectivity index (χ2v) is 5.99. The van der Waals surface area contributed by atoms with Gasteiger partial charge in [-0.3, -0.25) is 15.2 Å². The number of benzene rings is 1. The van der Waals surface area contributed by atoms with Crippen molar-refractivity contribution in [2.75, 3.05) is 18.4 Å². The number of anilines is 1. The van der Waals surface area contributed by atoms with Gasteiger partial charge in [0.05, 0.1) is 5.52 Å². The van der Waals surface area contributed by atoms with Crippen LogP contribution in [0.3, 0.4) is 0 Å². The fraction of sp³-hybridized carbons (Fsp3) is 0.188. The number of aromatic amines is 1. The molecule has 1 aromatic carbocycles. The van der Waals surface area contributed by atoms with E-state index in [9.17, 15) is 9.59 Å². The number of urea groups is 1. The Morgan fingerprint density at radius 1 is 1.17 bits per heavy atom. The molecular weight excluding hydrogens is 326 g/mol. The highest BCUT2D eigenvalue weighted by Crippen LogP contribution is 2.28. The largest absolute Gasteiger partial charge is 0.355 e. The van der Waals surface area contributed by atoms with Crippen LogP contribution < -0.4 is 16.0 Å². The minimum Gasteiger partial charge on any atom is -0.355 e. The van der Waals surface area contributed by atoms with Gasteiger partial charge in [0.25, 0.3) is 0 Å².